The van der Waals surface area contributed by atoms with E-state index in [1.165, 1.54) is 11.6 Å². The highest BCUT2D eigenvalue weighted by molar-refractivity contribution is 5.79. The molecule has 0 radical (unpaired) electrons. The van der Waals surface area contributed by atoms with Gasteiger partial charge < -0.3 is 9.84 Å². The minimum atomic E-state index is -0.431. The zero-order valence-electron chi connectivity index (χ0n) is 10.7. The second-order valence-corrected chi connectivity index (χ2v) is 4.19. The molecular formula is C11H16N4O4. The fraction of sp³-hybridized carbons (Fsp3) is 0.636. The van der Waals surface area contributed by atoms with Gasteiger partial charge >= 0.3 is 11.6 Å². The number of aromatic nitrogens is 2. The summed E-state index contributed by atoms with van der Waals surface area (Å²) in [6.45, 7) is 5.68. The summed E-state index contributed by atoms with van der Waals surface area (Å²) in [5, 5.41) is 14.6. The van der Waals surface area contributed by atoms with Crippen molar-refractivity contribution in [1.29, 1.82) is 0 Å². The Morgan fingerprint density at radius 3 is 2.95 bits per heavy atom. The van der Waals surface area contributed by atoms with Crippen LogP contribution < -0.4 is 9.79 Å². The predicted molar refractivity (Wildman–Crippen MR) is 62.1 cm³/mol. The molecule has 104 valence electrons. The van der Waals surface area contributed by atoms with Crippen molar-refractivity contribution in [3.63, 3.8) is 0 Å². The van der Waals surface area contributed by atoms with E-state index in [4.69, 9.17) is 9.26 Å². The Hall–Kier alpha value is -1.80. The van der Waals surface area contributed by atoms with Gasteiger partial charge in [0.15, 0.2) is 6.54 Å². The summed E-state index contributed by atoms with van der Waals surface area (Å²) in [5.41, 5.74) is 0.184. The molecule has 1 aromatic heterocycles. The molecule has 2 rings (SSSR count). The molecule has 0 spiro atoms. The van der Waals surface area contributed by atoms with Gasteiger partial charge in [0.05, 0.1) is 19.8 Å². The zero-order valence-corrected chi connectivity index (χ0v) is 10.7. The largest absolute Gasteiger partial charge is 0.862 e. The van der Waals surface area contributed by atoms with Gasteiger partial charge in [0.1, 0.15) is 0 Å². The summed E-state index contributed by atoms with van der Waals surface area (Å²) in [5.74, 6) is -0.468. The van der Waals surface area contributed by atoms with Gasteiger partial charge in [0.2, 0.25) is 11.6 Å². The molecule has 19 heavy (non-hydrogen) atoms. The van der Waals surface area contributed by atoms with Crippen LogP contribution in [-0.2, 0) is 11.3 Å². The molecule has 0 bridgehead atoms. The van der Waals surface area contributed by atoms with E-state index in [0.717, 1.165) is 32.8 Å². The molecule has 1 aliphatic heterocycles. The molecule has 0 aliphatic carbocycles. The third-order valence-electron chi connectivity index (χ3n) is 2.83. The molecular weight excluding hydrogens is 252 g/mol. The third-order valence-corrected chi connectivity index (χ3v) is 2.83. The highest BCUT2D eigenvalue weighted by Gasteiger charge is 2.24. The van der Waals surface area contributed by atoms with Crippen LogP contribution in [0.25, 0.3) is 0 Å². The van der Waals surface area contributed by atoms with Gasteiger partial charge in [-0.2, -0.15) is 0 Å². The Kier molecular flexibility index (Phi) is 4.58. The molecule has 2 heterocycles. The summed E-state index contributed by atoms with van der Waals surface area (Å²) in [6, 6.07) is 0. The first-order valence-corrected chi connectivity index (χ1v) is 6.08. The van der Waals surface area contributed by atoms with Crippen LogP contribution in [0.15, 0.2) is 9.52 Å². The van der Waals surface area contributed by atoms with Gasteiger partial charge in [-0.05, 0) is 17.5 Å². The summed E-state index contributed by atoms with van der Waals surface area (Å²) in [6.07, 6.45) is 0.595. The first-order chi connectivity index (χ1) is 9.20. The molecule has 0 amide bonds. The van der Waals surface area contributed by atoms with Crippen LogP contribution >= 0.6 is 0 Å². The van der Waals surface area contributed by atoms with Crippen LogP contribution in [0, 0.1) is 0 Å². The molecule has 1 aromatic rings. The first-order valence-electron chi connectivity index (χ1n) is 6.08. The maximum Gasteiger partial charge on any atom is 0.339 e. The summed E-state index contributed by atoms with van der Waals surface area (Å²) >= 11 is 0. The monoisotopic (exact) mass is 268 g/mol. The van der Waals surface area contributed by atoms with Crippen LogP contribution in [0.5, 0.6) is 0 Å². The maximum atomic E-state index is 11.0. The van der Waals surface area contributed by atoms with Crippen molar-refractivity contribution in [1.82, 2.24) is 10.2 Å². The van der Waals surface area contributed by atoms with Crippen molar-refractivity contribution >= 4 is 18.1 Å². The Labute approximate surface area is 110 Å². The second-order valence-electron chi connectivity index (χ2n) is 4.19. The van der Waals surface area contributed by atoms with E-state index in [2.05, 4.69) is 15.2 Å². The van der Waals surface area contributed by atoms with Crippen LogP contribution in [0.1, 0.15) is 17.4 Å². The summed E-state index contributed by atoms with van der Waals surface area (Å²) in [4.78, 5) is 16.8. The topological polar surface area (TPSA) is 94.9 Å². The van der Waals surface area contributed by atoms with Crippen LogP contribution in [0.2, 0.25) is 0 Å². The van der Waals surface area contributed by atoms with Crippen LogP contribution in [-0.4, -0.2) is 55.2 Å². The zero-order chi connectivity index (χ0) is 13.7. The number of hydrogen-bond acceptors (Lipinski definition) is 7. The van der Waals surface area contributed by atoms with Crippen molar-refractivity contribution in [2.45, 2.75) is 13.5 Å². The molecule has 1 aliphatic rings. The van der Waals surface area contributed by atoms with E-state index < -0.39 is 5.90 Å². The second kappa shape index (κ2) is 6.39. The number of morpholine rings is 1. The molecule has 0 unspecified atom stereocenters. The smallest absolute Gasteiger partial charge is 0.339 e. The van der Waals surface area contributed by atoms with Crippen LogP contribution in [0.4, 0.5) is 5.88 Å². The average Bonchev–Trinajstić information content (AvgIpc) is 2.78. The standard InChI is InChI=1S/C11H16N4O4/c1-9(17)12-11-10(8-16)15(13-19-11)3-2-14-4-6-18-7-5-14/h8H,2-7H2,1H3. The number of aldehydes is 1. The van der Waals surface area contributed by atoms with E-state index >= 15 is 0 Å². The van der Waals surface area contributed by atoms with Crippen molar-refractivity contribution < 1.29 is 23.8 Å². The van der Waals surface area contributed by atoms with Crippen molar-refractivity contribution in [2.75, 3.05) is 32.8 Å². The van der Waals surface area contributed by atoms with Gasteiger partial charge in [-0.25, -0.2) is 4.99 Å². The lowest BCUT2D eigenvalue weighted by Gasteiger charge is -2.24. The minimum Gasteiger partial charge on any atom is -0.862 e. The third kappa shape index (κ3) is 3.58. The lowest BCUT2D eigenvalue weighted by atomic mass is 10.4. The lowest BCUT2D eigenvalue weighted by Crippen LogP contribution is -2.47. The Balaban J connectivity index is 2.01. The van der Waals surface area contributed by atoms with E-state index in [0.29, 0.717) is 12.8 Å². The number of hydrogen-bond donors (Lipinski definition) is 0. The molecule has 0 N–H and O–H groups in total. The molecule has 0 aromatic carbocycles. The first kappa shape index (κ1) is 13.6. The quantitative estimate of drug-likeness (QED) is 0.280. The van der Waals surface area contributed by atoms with Gasteiger partial charge in [-0.15, -0.1) is 0 Å². The Morgan fingerprint density at radius 2 is 2.32 bits per heavy atom. The SMILES string of the molecule is C/C([O-])=N/c1on[n+](CCN2CCOCC2)c1C=O. The summed E-state index contributed by atoms with van der Waals surface area (Å²) in [7, 11) is 0. The van der Waals surface area contributed by atoms with E-state index in [1.54, 1.807) is 0 Å². The number of ether oxygens (including phenoxy) is 1. The normalized spacial score (nSPS) is 17.6. The molecule has 1 saturated heterocycles. The van der Waals surface area contributed by atoms with E-state index in [-0.39, 0.29) is 11.6 Å². The van der Waals surface area contributed by atoms with Crippen molar-refractivity contribution in [3.05, 3.63) is 5.69 Å². The predicted octanol–water partition coefficient (Wildman–Crippen LogP) is -1.48. The van der Waals surface area contributed by atoms with E-state index in [1.807, 2.05) is 0 Å². The Morgan fingerprint density at radius 1 is 1.58 bits per heavy atom. The number of carbonyl (C=O) groups is 1. The minimum absolute atomic E-state index is 0.0375. The fourth-order valence-corrected chi connectivity index (χ4v) is 1.84. The van der Waals surface area contributed by atoms with Crippen molar-refractivity contribution in [2.24, 2.45) is 4.99 Å². The number of aliphatic imine (C=N–C) groups is 1. The number of rotatable bonds is 5. The van der Waals surface area contributed by atoms with Gasteiger partial charge in [-0.3, -0.25) is 14.2 Å². The molecule has 1 fully saturated rings. The average molecular weight is 268 g/mol. The van der Waals surface area contributed by atoms with Gasteiger partial charge in [0, 0.05) is 13.1 Å². The van der Waals surface area contributed by atoms with Crippen LogP contribution in [0.3, 0.4) is 0 Å². The lowest BCUT2D eigenvalue weighted by molar-refractivity contribution is -0.762. The fourth-order valence-electron chi connectivity index (χ4n) is 1.84. The molecule has 0 atom stereocenters. The van der Waals surface area contributed by atoms with Gasteiger partial charge in [-0.1, -0.05) is 0 Å². The van der Waals surface area contributed by atoms with Gasteiger partial charge in [0.25, 0.3) is 0 Å². The number of nitrogens with zero attached hydrogens (tertiary/aromatic N) is 4. The highest BCUT2D eigenvalue weighted by atomic mass is 16.5. The highest BCUT2D eigenvalue weighted by Crippen LogP contribution is 2.12. The van der Waals surface area contributed by atoms with Crippen molar-refractivity contribution in [3.8, 4) is 0 Å². The summed E-state index contributed by atoms with van der Waals surface area (Å²) < 4.78 is 11.6. The number of carbonyl (C=O) groups excluding carboxylic acids is 1. The molecule has 8 nitrogen and oxygen atoms in total. The maximum absolute atomic E-state index is 11.0. The Bertz CT molecular complexity index is 461. The molecule has 8 heteroatoms. The molecule has 0 saturated carbocycles. The van der Waals surface area contributed by atoms with E-state index in [9.17, 15) is 9.90 Å².